The van der Waals surface area contributed by atoms with Crippen LogP contribution >= 0.6 is 0 Å². The third kappa shape index (κ3) is 4.06. The van der Waals surface area contributed by atoms with Crippen LogP contribution in [-0.4, -0.2) is 35.8 Å². The van der Waals surface area contributed by atoms with Gasteiger partial charge < -0.3 is 10.2 Å². The normalized spacial score (nSPS) is 19.6. The lowest BCUT2D eigenvalue weighted by atomic mass is 10.1. The summed E-state index contributed by atoms with van der Waals surface area (Å²) in [4.78, 5) is 25.9. The van der Waals surface area contributed by atoms with Crippen LogP contribution < -0.4 is 5.32 Å². The number of likely N-dealkylation sites (tertiary alicyclic amines) is 1. The number of hydrogen-bond donors (Lipinski definition) is 1. The minimum atomic E-state index is -0.192. The van der Waals surface area contributed by atoms with Crippen molar-refractivity contribution < 1.29 is 9.59 Å². The molecule has 1 fully saturated rings. The smallest absolute Gasteiger partial charge is 0.225 e. The highest BCUT2D eigenvalue weighted by molar-refractivity contribution is 5.89. The summed E-state index contributed by atoms with van der Waals surface area (Å²) >= 11 is 0. The van der Waals surface area contributed by atoms with Crippen molar-refractivity contribution in [3.8, 4) is 0 Å². The molecule has 2 atom stereocenters. The molecule has 1 saturated heterocycles. The second-order valence-corrected chi connectivity index (χ2v) is 5.73. The Labute approximate surface area is 126 Å². The van der Waals surface area contributed by atoms with Gasteiger partial charge in [0.25, 0.3) is 0 Å². The number of amides is 2. The van der Waals surface area contributed by atoms with E-state index in [1.165, 1.54) is 5.56 Å². The molecule has 2 unspecified atom stereocenters. The molecule has 2 amide bonds. The lowest BCUT2D eigenvalue weighted by molar-refractivity contribution is -0.130. The molecule has 21 heavy (non-hydrogen) atoms. The number of rotatable bonds is 6. The predicted molar refractivity (Wildman–Crippen MR) is 82.7 cm³/mol. The standard InChI is InChI=1S/C17H24N2O2/c1-3-13(2)19-12-15(11-16(19)20)17(21)18-10-9-14-7-5-4-6-8-14/h4-8,13,15H,3,9-12H2,1-2H3,(H,18,21). The fourth-order valence-corrected chi connectivity index (χ4v) is 2.67. The Hall–Kier alpha value is -1.84. The van der Waals surface area contributed by atoms with Gasteiger partial charge in [-0.3, -0.25) is 9.59 Å². The number of benzene rings is 1. The third-order valence-corrected chi connectivity index (χ3v) is 4.21. The van der Waals surface area contributed by atoms with Gasteiger partial charge in [0.05, 0.1) is 5.92 Å². The molecule has 1 aliphatic rings. The van der Waals surface area contributed by atoms with E-state index < -0.39 is 0 Å². The first-order valence-electron chi connectivity index (χ1n) is 7.73. The minimum absolute atomic E-state index is 0.00471. The Kier molecular flexibility index (Phi) is 5.37. The monoisotopic (exact) mass is 288 g/mol. The highest BCUT2D eigenvalue weighted by Crippen LogP contribution is 2.21. The predicted octanol–water partition coefficient (Wildman–Crippen LogP) is 1.99. The number of nitrogens with one attached hydrogen (secondary N) is 1. The molecule has 1 heterocycles. The van der Waals surface area contributed by atoms with Crippen molar-refractivity contribution >= 4 is 11.8 Å². The highest BCUT2D eigenvalue weighted by Gasteiger charge is 2.35. The van der Waals surface area contributed by atoms with Crippen LogP contribution in [0.4, 0.5) is 0 Å². The van der Waals surface area contributed by atoms with Crippen LogP contribution in [0.25, 0.3) is 0 Å². The first kappa shape index (κ1) is 15.5. The van der Waals surface area contributed by atoms with E-state index in [-0.39, 0.29) is 23.8 Å². The van der Waals surface area contributed by atoms with E-state index in [1.807, 2.05) is 30.0 Å². The zero-order valence-electron chi connectivity index (χ0n) is 12.8. The Balaban J connectivity index is 1.78. The Morgan fingerprint density at radius 3 is 2.76 bits per heavy atom. The van der Waals surface area contributed by atoms with Gasteiger partial charge in [0, 0.05) is 25.6 Å². The van der Waals surface area contributed by atoms with Crippen LogP contribution in [0.1, 0.15) is 32.3 Å². The molecule has 0 spiro atoms. The zero-order chi connectivity index (χ0) is 15.2. The van der Waals surface area contributed by atoms with Crippen LogP contribution in [0, 0.1) is 5.92 Å². The molecule has 0 aromatic heterocycles. The maximum atomic E-state index is 12.1. The highest BCUT2D eigenvalue weighted by atomic mass is 16.2. The van der Waals surface area contributed by atoms with Crippen LogP contribution in [0.5, 0.6) is 0 Å². The summed E-state index contributed by atoms with van der Waals surface area (Å²) in [6.07, 6.45) is 2.10. The summed E-state index contributed by atoms with van der Waals surface area (Å²) in [6, 6.07) is 10.3. The lowest BCUT2D eigenvalue weighted by Gasteiger charge is -2.23. The van der Waals surface area contributed by atoms with Crippen LogP contribution in [0.2, 0.25) is 0 Å². The number of carbonyl (C=O) groups excluding carboxylic acids is 2. The van der Waals surface area contributed by atoms with Crippen molar-refractivity contribution in [3.63, 3.8) is 0 Å². The fourth-order valence-electron chi connectivity index (χ4n) is 2.67. The molecule has 0 radical (unpaired) electrons. The topological polar surface area (TPSA) is 49.4 Å². The fraction of sp³-hybridized carbons (Fsp3) is 0.529. The SMILES string of the molecule is CCC(C)N1CC(C(=O)NCCc2ccccc2)CC1=O. The van der Waals surface area contributed by atoms with Gasteiger partial charge in [-0.1, -0.05) is 37.3 Å². The third-order valence-electron chi connectivity index (χ3n) is 4.21. The van der Waals surface area contributed by atoms with Gasteiger partial charge >= 0.3 is 0 Å². The molecule has 1 aromatic carbocycles. The van der Waals surface area contributed by atoms with Gasteiger partial charge in [0.2, 0.25) is 11.8 Å². The molecular weight excluding hydrogens is 264 g/mol. The number of hydrogen-bond acceptors (Lipinski definition) is 2. The van der Waals surface area contributed by atoms with Gasteiger partial charge in [-0.05, 0) is 25.3 Å². The largest absolute Gasteiger partial charge is 0.355 e. The van der Waals surface area contributed by atoms with Gasteiger partial charge in [-0.2, -0.15) is 0 Å². The molecular formula is C17H24N2O2. The minimum Gasteiger partial charge on any atom is -0.355 e. The van der Waals surface area contributed by atoms with Crippen molar-refractivity contribution in [1.29, 1.82) is 0 Å². The Morgan fingerprint density at radius 1 is 1.38 bits per heavy atom. The van der Waals surface area contributed by atoms with Gasteiger partial charge in [-0.15, -0.1) is 0 Å². The molecule has 1 N–H and O–H groups in total. The summed E-state index contributed by atoms with van der Waals surface area (Å²) in [7, 11) is 0. The van der Waals surface area contributed by atoms with Crippen LogP contribution in [0.15, 0.2) is 30.3 Å². The molecule has 0 aliphatic carbocycles. The van der Waals surface area contributed by atoms with Crippen molar-refractivity contribution in [2.24, 2.45) is 5.92 Å². The molecule has 114 valence electrons. The first-order chi connectivity index (χ1) is 10.1. The molecule has 1 aromatic rings. The van der Waals surface area contributed by atoms with Gasteiger partial charge in [0.15, 0.2) is 0 Å². The summed E-state index contributed by atoms with van der Waals surface area (Å²) in [5, 5.41) is 2.95. The average molecular weight is 288 g/mol. The van der Waals surface area contributed by atoms with Crippen molar-refractivity contribution in [3.05, 3.63) is 35.9 Å². The molecule has 4 nitrogen and oxygen atoms in total. The van der Waals surface area contributed by atoms with Crippen LogP contribution in [-0.2, 0) is 16.0 Å². The summed E-state index contributed by atoms with van der Waals surface area (Å²) in [5.74, 6) is -0.0834. The van der Waals surface area contributed by atoms with Crippen molar-refractivity contribution in [2.45, 2.75) is 39.2 Å². The van der Waals surface area contributed by atoms with E-state index in [4.69, 9.17) is 0 Å². The molecule has 0 bridgehead atoms. The van der Waals surface area contributed by atoms with E-state index in [9.17, 15) is 9.59 Å². The van der Waals surface area contributed by atoms with E-state index in [0.29, 0.717) is 19.5 Å². The van der Waals surface area contributed by atoms with Crippen LogP contribution in [0.3, 0.4) is 0 Å². The number of carbonyl (C=O) groups is 2. The van der Waals surface area contributed by atoms with E-state index >= 15 is 0 Å². The second kappa shape index (κ2) is 7.25. The van der Waals surface area contributed by atoms with Gasteiger partial charge in [0.1, 0.15) is 0 Å². The summed E-state index contributed by atoms with van der Waals surface area (Å²) in [5.41, 5.74) is 1.21. The quantitative estimate of drug-likeness (QED) is 0.870. The molecule has 0 saturated carbocycles. The lowest BCUT2D eigenvalue weighted by Crippen LogP contribution is -2.37. The van der Waals surface area contributed by atoms with E-state index in [0.717, 1.165) is 12.8 Å². The zero-order valence-corrected chi connectivity index (χ0v) is 12.8. The Morgan fingerprint density at radius 2 is 2.10 bits per heavy atom. The summed E-state index contributed by atoms with van der Waals surface area (Å²) in [6.45, 7) is 5.28. The average Bonchev–Trinajstić information content (AvgIpc) is 2.89. The number of nitrogens with zero attached hydrogens (tertiary/aromatic N) is 1. The van der Waals surface area contributed by atoms with Crippen molar-refractivity contribution in [2.75, 3.05) is 13.1 Å². The van der Waals surface area contributed by atoms with Crippen molar-refractivity contribution in [1.82, 2.24) is 10.2 Å². The Bertz CT molecular complexity index is 487. The maximum absolute atomic E-state index is 12.1. The second-order valence-electron chi connectivity index (χ2n) is 5.73. The maximum Gasteiger partial charge on any atom is 0.225 e. The molecule has 2 rings (SSSR count). The first-order valence-corrected chi connectivity index (χ1v) is 7.73. The van der Waals surface area contributed by atoms with Gasteiger partial charge in [-0.25, -0.2) is 0 Å². The van der Waals surface area contributed by atoms with E-state index in [2.05, 4.69) is 24.4 Å². The molecule has 4 heteroatoms. The van der Waals surface area contributed by atoms with E-state index in [1.54, 1.807) is 0 Å². The summed E-state index contributed by atoms with van der Waals surface area (Å²) < 4.78 is 0. The molecule has 1 aliphatic heterocycles.